The Hall–Kier alpha value is -2.60. The summed E-state index contributed by atoms with van der Waals surface area (Å²) >= 11 is 0. The van der Waals surface area contributed by atoms with Gasteiger partial charge in [-0.05, 0) is 23.8 Å². The molecule has 1 aliphatic heterocycles. The van der Waals surface area contributed by atoms with Crippen molar-refractivity contribution < 1.29 is 19.4 Å². The SMILES string of the molecule is O=C(NCCO)c1cncc(-c2ccc3c(c2)OCO3)c1. The monoisotopic (exact) mass is 286 g/mol. The van der Waals surface area contributed by atoms with Gasteiger partial charge in [0.25, 0.3) is 5.91 Å². The number of aromatic nitrogens is 1. The van der Waals surface area contributed by atoms with Crippen molar-refractivity contribution in [2.45, 2.75) is 0 Å². The van der Waals surface area contributed by atoms with Crippen LogP contribution in [-0.4, -0.2) is 35.9 Å². The second kappa shape index (κ2) is 5.80. The molecule has 0 atom stereocenters. The number of ether oxygens (including phenoxy) is 2. The number of hydrogen-bond acceptors (Lipinski definition) is 5. The lowest BCUT2D eigenvalue weighted by molar-refractivity contribution is 0.0944. The summed E-state index contributed by atoms with van der Waals surface area (Å²) in [7, 11) is 0. The number of nitrogens with zero attached hydrogens (tertiary/aromatic N) is 1. The van der Waals surface area contributed by atoms with E-state index in [-0.39, 0.29) is 25.9 Å². The summed E-state index contributed by atoms with van der Waals surface area (Å²) < 4.78 is 10.6. The molecule has 1 aliphatic rings. The van der Waals surface area contributed by atoms with Crippen LogP contribution in [0.25, 0.3) is 11.1 Å². The minimum Gasteiger partial charge on any atom is -0.454 e. The van der Waals surface area contributed by atoms with Crippen LogP contribution < -0.4 is 14.8 Å². The highest BCUT2D eigenvalue weighted by Gasteiger charge is 2.14. The topological polar surface area (TPSA) is 80.7 Å². The van der Waals surface area contributed by atoms with E-state index in [1.165, 1.54) is 6.20 Å². The lowest BCUT2D eigenvalue weighted by atomic mass is 10.1. The van der Waals surface area contributed by atoms with Gasteiger partial charge in [-0.15, -0.1) is 0 Å². The fourth-order valence-corrected chi connectivity index (χ4v) is 2.07. The van der Waals surface area contributed by atoms with E-state index in [2.05, 4.69) is 10.3 Å². The predicted molar refractivity (Wildman–Crippen MR) is 75.2 cm³/mol. The molecule has 0 saturated heterocycles. The van der Waals surface area contributed by atoms with Crippen LogP contribution in [0.5, 0.6) is 11.5 Å². The molecule has 2 N–H and O–H groups in total. The number of hydrogen-bond donors (Lipinski definition) is 2. The van der Waals surface area contributed by atoms with Crippen LogP contribution in [0.3, 0.4) is 0 Å². The summed E-state index contributed by atoms with van der Waals surface area (Å²) in [6, 6.07) is 7.32. The number of carbonyl (C=O) groups excluding carboxylic acids is 1. The number of fused-ring (bicyclic) bond motifs is 1. The summed E-state index contributed by atoms with van der Waals surface area (Å²) in [4.78, 5) is 16.0. The van der Waals surface area contributed by atoms with Gasteiger partial charge in [0.05, 0.1) is 12.2 Å². The van der Waals surface area contributed by atoms with Gasteiger partial charge >= 0.3 is 0 Å². The van der Waals surface area contributed by atoms with Gasteiger partial charge in [0.1, 0.15) is 0 Å². The zero-order chi connectivity index (χ0) is 14.7. The summed E-state index contributed by atoms with van der Waals surface area (Å²) in [5.74, 6) is 1.13. The second-order valence-electron chi connectivity index (χ2n) is 4.51. The molecule has 21 heavy (non-hydrogen) atoms. The molecule has 108 valence electrons. The van der Waals surface area contributed by atoms with E-state index in [1.807, 2.05) is 18.2 Å². The molecular weight excluding hydrogens is 272 g/mol. The van der Waals surface area contributed by atoms with Gasteiger partial charge in [-0.3, -0.25) is 9.78 Å². The van der Waals surface area contributed by atoms with E-state index in [0.717, 1.165) is 11.1 Å². The molecule has 2 aromatic rings. The predicted octanol–water partition coefficient (Wildman–Crippen LogP) is 1.20. The maximum atomic E-state index is 11.9. The highest BCUT2D eigenvalue weighted by atomic mass is 16.7. The zero-order valence-electron chi connectivity index (χ0n) is 11.2. The standard InChI is InChI=1S/C15H14N2O4/c18-4-3-17-15(19)12-5-11(7-16-8-12)10-1-2-13-14(6-10)21-9-20-13/h1-2,5-8,18H,3-4,9H2,(H,17,19). The molecule has 6 nitrogen and oxygen atoms in total. The van der Waals surface area contributed by atoms with Gasteiger partial charge in [0.2, 0.25) is 6.79 Å². The highest BCUT2D eigenvalue weighted by Crippen LogP contribution is 2.35. The third-order valence-corrected chi connectivity index (χ3v) is 3.10. The second-order valence-corrected chi connectivity index (χ2v) is 4.51. The summed E-state index contributed by atoms with van der Waals surface area (Å²) in [5.41, 5.74) is 2.15. The third-order valence-electron chi connectivity index (χ3n) is 3.10. The van der Waals surface area contributed by atoms with E-state index >= 15 is 0 Å². The summed E-state index contributed by atoms with van der Waals surface area (Å²) in [6.07, 6.45) is 3.17. The lowest BCUT2D eigenvalue weighted by Gasteiger charge is -2.06. The van der Waals surface area contributed by atoms with E-state index in [0.29, 0.717) is 17.1 Å². The Morgan fingerprint density at radius 2 is 2.05 bits per heavy atom. The molecular formula is C15H14N2O4. The van der Waals surface area contributed by atoms with Gasteiger partial charge in [-0.25, -0.2) is 0 Å². The van der Waals surface area contributed by atoms with Crippen molar-refractivity contribution >= 4 is 5.91 Å². The van der Waals surface area contributed by atoms with Gasteiger partial charge in [-0.1, -0.05) is 6.07 Å². The molecule has 0 fully saturated rings. The minimum absolute atomic E-state index is 0.0962. The molecule has 0 aliphatic carbocycles. The van der Waals surface area contributed by atoms with Crippen LogP contribution in [0, 0.1) is 0 Å². The van der Waals surface area contributed by atoms with Gasteiger partial charge in [0, 0.05) is 24.5 Å². The summed E-state index contributed by atoms with van der Waals surface area (Å²) in [6.45, 7) is 0.342. The Morgan fingerprint density at radius 3 is 2.90 bits per heavy atom. The van der Waals surface area contributed by atoms with Crippen molar-refractivity contribution in [3.63, 3.8) is 0 Å². The van der Waals surface area contributed by atoms with Crippen molar-refractivity contribution in [3.8, 4) is 22.6 Å². The third kappa shape index (κ3) is 2.80. The van der Waals surface area contributed by atoms with Crippen LogP contribution in [-0.2, 0) is 0 Å². The maximum Gasteiger partial charge on any atom is 0.252 e. The molecule has 0 spiro atoms. The molecule has 3 rings (SSSR count). The van der Waals surface area contributed by atoms with Crippen molar-refractivity contribution in [2.24, 2.45) is 0 Å². The quantitative estimate of drug-likeness (QED) is 0.882. The summed E-state index contributed by atoms with van der Waals surface area (Å²) in [5, 5.41) is 11.3. The first-order chi connectivity index (χ1) is 10.3. The number of aliphatic hydroxyl groups excluding tert-OH is 1. The van der Waals surface area contributed by atoms with Crippen molar-refractivity contribution in [3.05, 3.63) is 42.2 Å². The van der Waals surface area contributed by atoms with Crippen LogP contribution >= 0.6 is 0 Å². The molecule has 1 amide bonds. The molecule has 1 aromatic carbocycles. The van der Waals surface area contributed by atoms with Crippen molar-refractivity contribution in [2.75, 3.05) is 19.9 Å². The number of aliphatic hydroxyl groups is 1. The number of benzene rings is 1. The van der Waals surface area contributed by atoms with E-state index in [1.54, 1.807) is 12.3 Å². The highest BCUT2D eigenvalue weighted by molar-refractivity contribution is 5.95. The van der Waals surface area contributed by atoms with Crippen LogP contribution in [0.15, 0.2) is 36.7 Å². The zero-order valence-corrected chi connectivity index (χ0v) is 11.2. The molecule has 0 bridgehead atoms. The molecule has 0 unspecified atom stereocenters. The Kier molecular flexibility index (Phi) is 3.70. The maximum absolute atomic E-state index is 11.9. The van der Waals surface area contributed by atoms with Gasteiger partial charge in [-0.2, -0.15) is 0 Å². The largest absolute Gasteiger partial charge is 0.454 e. The van der Waals surface area contributed by atoms with Gasteiger partial charge < -0.3 is 19.9 Å². The Labute approximate surface area is 121 Å². The normalized spacial score (nSPS) is 12.2. The molecule has 0 saturated carbocycles. The number of amides is 1. The van der Waals surface area contributed by atoms with Crippen molar-refractivity contribution in [1.82, 2.24) is 10.3 Å². The number of pyridine rings is 1. The molecule has 0 radical (unpaired) electrons. The number of rotatable bonds is 4. The molecule has 2 heterocycles. The van der Waals surface area contributed by atoms with Crippen LogP contribution in [0.2, 0.25) is 0 Å². The minimum atomic E-state index is -0.265. The molecule has 6 heteroatoms. The average molecular weight is 286 g/mol. The van der Waals surface area contributed by atoms with E-state index < -0.39 is 0 Å². The first-order valence-corrected chi connectivity index (χ1v) is 6.52. The van der Waals surface area contributed by atoms with Crippen LogP contribution in [0.1, 0.15) is 10.4 Å². The Morgan fingerprint density at radius 1 is 1.19 bits per heavy atom. The average Bonchev–Trinajstić information content (AvgIpc) is 3.00. The Balaban J connectivity index is 1.87. The fourth-order valence-electron chi connectivity index (χ4n) is 2.07. The number of nitrogens with one attached hydrogen (secondary N) is 1. The van der Waals surface area contributed by atoms with Gasteiger partial charge in [0.15, 0.2) is 11.5 Å². The Bertz CT molecular complexity index is 672. The first-order valence-electron chi connectivity index (χ1n) is 6.52. The first kappa shape index (κ1) is 13.4. The fraction of sp³-hybridized carbons (Fsp3) is 0.200. The number of carbonyl (C=O) groups is 1. The van der Waals surface area contributed by atoms with Crippen LogP contribution in [0.4, 0.5) is 0 Å². The molecule has 1 aromatic heterocycles. The van der Waals surface area contributed by atoms with Crippen molar-refractivity contribution in [1.29, 1.82) is 0 Å². The van der Waals surface area contributed by atoms with E-state index in [4.69, 9.17) is 14.6 Å². The lowest BCUT2D eigenvalue weighted by Crippen LogP contribution is -2.26. The van der Waals surface area contributed by atoms with E-state index in [9.17, 15) is 4.79 Å². The smallest absolute Gasteiger partial charge is 0.252 e.